The lowest BCUT2D eigenvalue weighted by Crippen LogP contribution is -2.18. The Bertz CT molecular complexity index is 454. The largest absolute Gasteiger partial charge is 0.478 e. The second kappa shape index (κ2) is 8.35. The standard InChI is InChI=1S/C16H22O4/c1-3-5-10-14(7-4-2)20-16(19)13-9-6-8-12(11-13)15(17)18/h6,8-9,11,14H,3-5,7,10H2,1-2H3,(H,17,18). The van der Waals surface area contributed by atoms with Crippen molar-refractivity contribution in [1.29, 1.82) is 0 Å². The third-order valence-electron chi connectivity index (χ3n) is 3.11. The number of hydrogen-bond donors (Lipinski definition) is 1. The van der Waals surface area contributed by atoms with E-state index in [2.05, 4.69) is 13.8 Å². The van der Waals surface area contributed by atoms with Gasteiger partial charge in [-0.2, -0.15) is 0 Å². The van der Waals surface area contributed by atoms with Gasteiger partial charge in [0.1, 0.15) is 6.10 Å². The predicted octanol–water partition coefficient (Wildman–Crippen LogP) is 3.90. The van der Waals surface area contributed by atoms with Gasteiger partial charge in [-0.3, -0.25) is 0 Å². The van der Waals surface area contributed by atoms with Crippen molar-refractivity contribution < 1.29 is 19.4 Å². The topological polar surface area (TPSA) is 63.6 Å². The van der Waals surface area contributed by atoms with Crippen LogP contribution in [0.25, 0.3) is 0 Å². The smallest absolute Gasteiger partial charge is 0.338 e. The fourth-order valence-corrected chi connectivity index (χ4v) is 2.01. The Labute approximate surface area is 119 Å². The SMILES string of the molecule is CCCCC(CCC)OC(=O)c1cccc(C(=O)O)c1. The highest BCUT2D eigenvalue weighted by Crippen LogP contribution is 2.15. The number of carboxylic acid groups (broad SMARTS) is 1. The van der Waals surface area contributed by atoms with Gasteiger partial charge >= 0.3 is 11.9 Å². The van der Waals surface area contributed by atoms with Crippen LogP contribution in [0.4, 0.5) is 0 Å². The lowest BCUT2D eigenvalue weighted by Gasteiger charge is -2.17. The lowest BCUT2D eigenvalue weighted by molar-refractivity contribution is 0.0255. The van der Waals surface area contributed by atoms with Crippen LogP contribution in [-0.4, -0.2) is 23.1 Å². The van der Waals surface area contributed by atoms with Gasteiger partial charge in [0.2, 0.25) is 0 Å². The number of carbonyl (C=O) groups is 2. The normalized spacial score (nSPS) is 11.9. The highest BCUT2D eigenvalue weighted by molar-refractivity contribution is 5.94. The van der Waals surface area contributed by atoms with E-state index in [1.54, 1.807) is 12.1 Å². The monoisotopic (exact) mass is 278 g/mol. The molecule has 1 atom stereocenters. The number of carbonyl (C=O) groups excluding carboxylic acids is 1. The summed E-state index contributed by atoms with van der Waals surface area (Å²) in [6.07, 6.45) is 4.65. The summed E-state index contributed by atoms with van der Waals surface area (Å²) in [7, 11) is 0. The maximum Gasteiger partial charge on any atom is 0.338 e. The zero-order chi connectivity index (χ0) is 15.0. The number of esters is 1. The third kappa shape index (κ3) is 5.03. The molecule has 1 aromatic carbocycles. The molecule has 1 unspecified atom stereocenters. The molecule has 1 N–H and O–H groups in total. The molecule has 0 saturated carbocycles. The second-order valence-corrected chi connectivity index (χ2v) is 4.84. The van der Waals surface area contributed by atoms with E-state index in [1.807, 2.05) is 0 Å². The summed E-state index contributed by atoms with van der Waals surface area (Å²) in [5.41, 5.74) is 0.391. The summed E-state index contributed by atoms with van der Waals surface area (Å²) in [5, 5.41) is 8.92. The van der Waals surface area contributed by atoms with Crippen LogP contribution in [0.5, 0.6) is 0 Å². The first-order valence-corrected chi connectivity index (χ1v) is 7.12. The molecule has 4 nitrogen and oxygen atoms in total. The zero-order valence-electron chi connectivity index (χ0n) is 12.1. The van der Waals surface area contributed by atoms with Gasteiger partial charge in [0.05, 0.1) is 11.1 Å². The minimum absolute atomic E-state index is 0.0825. The molecule has 0 aliphatic rings. The average molecular weight is 278 g/mol. The highest BCUT2D eigenvalue weighted by atomic mass is 16.5. The molecular weight excluding hydrogens is 256 g/mol. The van der Waals surface area contributed by atoms with Crippen LogP contribution in [-0.2, 0) is 4.74 Å². The molecule has 0 aliphatic heterocycles. The van der Waals surface area contributed by atoms with Gasteiger partial charge in [0.15, 0.2) is 0 Å². The van der Waals surface area contributed by atoms with Crippen LogP contribution in [0, 0.1) is 0 Å². The Hall–Kier alpha value is -1.84. The molecule has 0 spiro atoms. The number of unbranched alkanes of at least 4 members (excludes halogenated alkanes) is 1. The Balaban J connectivity index is 2.72. The third-order valence-corrected chi connectivity index (χ3v) is 3.11. The molecule has 0 aliphatic carbocycles. The van der Waals surface area contributed by atoms with Gasteiger partial charge in [-0.15, -0.1) is 0 Å². The molecule has 20 heavy (non-hydrogen) atoms. The number of ether oxygens (including phenoxy) is 1. The molecule has 110 valence electrons. The number of aromatic carboxylic acids is 1. The van der Waals surface area contributed by atoms with Crippen LogP contribution in [0.3, 0.4) is 0 Å². The van der Waals surface area contributed by atoms with Crippen LogP contribution >= 0.6 is 0 Å². The summed E-state index contributed by atoms with van der Waals surface area (Å²) < 4.78 is 5.48. The van der Waals surface area contributed by atoms with E-state index in [-0.39, 0.29) is 11.7 Å². The summed E-state index contributed by atoms with van der Waals surface area (Å²) >= 11 is 0. The van der Waals surface area contributed by atoms with Crippen molar-refractivity contribution in [2.75, 3.05) is 0 Å². The Morgan fingerprint density at radius 1 is 1.15 bits per heavy atom. The first-order chi connectivity index (χ1) is 9.58. The minimum atomic E-state index is -1.05. The molecule has 0 fully saturated rings. The fourth-order valence-electron chi connectivity index (χ4n) is 2.01. The minimum Gasteiger partial charge on any atom is -0.478 e. The van der Waals surface area contributed by atoms with Crippen molar-refractivity contribution in [2.45, 2.75) is 52.1 Å². The van der Waals surface area contributed by atoms with Crippen LogP contribution in [0.2, 0.25) is 0 Å². The summed E-state index contributed by atoms with van der Waals surface area (Å²) in [6, 6.07) is 5.95. The van der Waals surface area contributed by atoms with Crippen LogP contribution < -0.4 is 0 Å². The summed E-state index contributed by atoms with van der Waals surface area (Å²) in [5.74, 6) is -1.49. The van der Waals surface area contributed by atoms with Crippen molar-refractivity contribution in [2.24, 2.45) is 0 Å². The molecule has 4 heteroatoms. The molecule has 0 bridgehead atoms. The number of hydrogen-bond acceptors (Lipinski definition) is 3. The van der Waals surface area contributed by atoms with E-state index in [0.29, 0.717) is 5.56 Å². The Morgan fingerprint density at radius 3 is 2.45 bits per heavy atom. The predicted molar refractivity (Wildman–Crippen MR) is 77.0 cm³/mol. The maximum absolute atomic E-state index is 12.1. The van der Waals surface area contributed by atoms with E-state index < -0.39 is 11.9 Å². The van der Waals surface area contributed by atoms with E-state index in [1.165, 1.54) is 12.1 Å². The lowest BCUT2D eigenvalue weighted by atomic mass is 10.1. The van der Waals surface area contributed by atoms with Gasteiger partial charge in [-0.25, -0.2) is 9.59 Å². The molecule has 1 rings (SSSR count). The second-order valence-electron chi connectivity index (χ2n) is 4.84. The highest BCUT2D eigenvalue weighted by Gasteiger charge is 2.16. The van der Waals surface area contributed by atoms with Gasteiger partial charge < -0.3 is 9.84 Å². The number of rotatable bonds is 8. The van der Waals surface area contributed by atoms with Gasteiger partial charge in [0.25, 0.3) is 0 Å². The van der Waals surface area contributed by atoms with E-state index >= 15 is 0 Å². The number of carboxylic acids is 1. The van der Waals surface area contributed by atoms with Gasteiger partial charge in [-0.1, -0.05) is 39.2 Å². The molecule has 1 aromatic rings. The molecule has 0 aromatic heterocycles. The summed E-state index contributed by atoms with van der Waals surface area (Å²) in [6.45, 7) is 4.15. The van der Waals surface area contributed by atoms with Crippen molar-refractivity contribution >= 4 is 11.9 Å². The van der Waals surface area contributed by atoms with Crippen molar-refractivity contribution in [1.82, 2.24) is 0 Å². The van der Waals surface area contributed by atoms with Gasteiger partial charge in [0, 0.05) is 0 Å². The first kappa shape index (κ1) is 16.2. The molecular formula is C16H22O4. The van der Waals surface area contributed by atoms with Crippen molar-refractivity contribution in [3.8, 4) is 0 Å². The molecule has 0 radical (unpaired) electrons. The Kier molecular flexibility index (Phi) is 6.77. The Morgan fingerprint density at radius 2 is 1.85 bits per heavy atom. The van der Waals surface area contributed by atoms with Crippen molar-refractivity contribution in [3.05, 3.63) is 35.4 Å². The van der Waals surface area contributed by atoms with Crippen LogP contribution in [0.15, 0.2) is 24.3 Å². The maximum atomic E-state index is 12.1. The molecule has 0 saturated heterocycles. The fraction of sp³-hybridized carbons (Fsp3) is 0.500. The molecule has 0 heterocycles. The zero-order valence-corrected chi connectivity index (χ0v) is 12.1. The van der Waals surface area contributed by atoms with E-state index in [9.17, 15) is 9.59 Å². The first-order valence-electron chi connectivity index (χ1n) is 7.12. The van der Waals surface area contributed by atoms with E-state index in [4.69, 9.17) is 9.84 Å². The van der Waals surface area contributed by atoms with Gasteiger partial charge in [-0.05, 0) is 31.0 Å². The summed E-state index contributed by atoms with van der Waals surface area (Å²) in [4.78, 5) is 22.9. The molecule has 0 amide bonds. The average Bonchev–Trinajstić information content (AvgIpc) is 2.45. The van der Waals surface area contributed by atoms with E-state index in [0.717, 1.165) is 32.1 Å². The number of benzene rings is 1. The quantitative estimate of drug-likeness (QED) is 0.732. The van der Waals surface area contributed by atoms with Crippen molar-refractivity contribution in [3.63, 3.8) is 0 Å². The van der Waals surface area contributed by atoms with Crippen LogP contribution in [0.1, 0.15) is 66.7 Å².